The Morgan fingerprint density at radius 3 is 2.63 bits per heavy atom. The van der Waals surface area contributed by atoms with Crippen LogP contribution < -0.4 is 0 Å². The third-order valence-corrected chi connectivity index (χ3v) is 2.54. The third-order valence-electron chi connectivity index (χ3n) is 2.54. The van der Waals surface area contributed by atoms with Gasteiger partial charge >= 0.3 is 5.97 Å². The summed E-state index contributed by atoms with van der Waals surface area (Å²) in [6.07, 6.45) is 2.17. The van der Waals surface area contributed by atoms with Crippen LogP contribution in [-0.2, 0) is 9.47 Å². The van der Waals surface area contributed by atoms with E-state index in [1.807, 2.05) is 13.8 Å². The second-order valence-electron chi connectivity index (χ2n) is 3.80. The number of furan rings is 1. The minimum Gasteiger partial charge on any atom is -0.477 e. The van der Waals surface area contributed by atoms with Gasteiger partial charge in [-0.1, -0.05) is 0 Å². The lowest BCUT2D eigenvalue weighted by Gasteiger charge is -2.13. The molecule has 0 atom stereocenters. The molecule has 2 rings (SSSR count). The summed E-state index contributed by atoms with van der Waals surface area (Å²) < 4.78 is 16.4. The fraction of sp³-hybridized carbons (Fsp3) is 0.385. The largest absolute Gasteiger partial charge is 0.477 e. The highest BCUT2D eigenvalue weighted by Gasteiger charge is 2.20. The number of rotatable bonds is 6. The summed E-state index contributed by atoms with van der Waals surface area (Å²) in [5.74, 6) is -0.641. The first kappa shape index (κ1) is 13.5. The summed E-state index contributed by atoms with van der Waals surface area (Å²) in [6.45, 7) is 4.62. The van der Waals surface area contributed by atoms with E-state index in [4.69, 9.17) is 19.0 Å². The van der Waals surface area contributed by atoms with Crippen molar-refractivity contribution in [3.63, 3.8) is 0 Å². The Morgan fingerprint density at radius 2 is 2.05 bits per heavy atom. The highest BCUT2D eigenvalue weighted by Crippen LogP contribution is 2.28. The van der Waals surface area contributed by atoms with Gasteiger partial charge in [-0.2, -0.15) is 0 Å². The molecule has 0 fully saturated rings. The number of nitrogens with zero attached hydrogens (tertiary/aromatic N) is 1. The van der Waals surface area contributed by atoms with Gasteiger partial charge in [-0.25, -0.2) is 4.79 Å². The van der Waals surface area contributed by atoms with Crippen molar-refractivity contribution in [3.05, 3.63) is 29.8 Å². The molecule has 0 spiro atoms. The lowest BCUT2D eigenvalue weighted by molar-refractivity contribution is -0.150. The fourth-order valence-corrected chi connectivity index (χ4v) is 1.77. The van der Waals surface area contributed by atoms with E-state index in [0.29, 0.717) is 24.4 Å². The van der Waals surface area contributed by atoms with Crippen molar-refractivity contribution in [2.75, 3.05) is 13.2 Å². The SMILES string of the molecule is CCOC(OCC)c1cc2cncc(C(=O)O)c2o1. The van der Waals surface area contributed by atoms with Gasteiger partial charge in [-0.3, -0.25) is 4.98 Å². The number of hydrogen-bond acceptors (Lipinski definition) is 5. The predicted molar refractivity (Wildman–Crippen MR) is 67.0 cm³/mol. The molecule has 6 nitrogen and oxygen atoms in total. The smallest absolute Gasteiger partial charge is 0.341 e. The molecule has 0 amide bonds. The molecule has 102 valence electrons. The number of hydrogen-bond donors (Lipinski definition) is 1. The van der Waals surface area contributed by atoms with E-state index in [0.717, 1.165) is 0 Å². The van der Waals surface area contributed by atoms with Crippen molar-refractivity contribution >= 4 is 16.9 Å². The first-order chi connectivity index (χ1) is 9.17. The topological polar surface area (TPSA) is 81.8 Å². The molecule has 0 unspecified atom stereocenters. The van der Waals surface area contributed by atoms with E-state index in [1.165, 1.54) is 6.20 Å². The van der Waals surface area contributed by atoms with Crippen LogP contribution in [0.3, 0.4) is 0 Å². The summed E-state index contributed by atoms with van der Waals surface area (Å²) >= 11 is 0. The molecular weight excluding hydrogens is 250 g/mol. The number of carboxylic acids is 1. The summed E-state index contributed by atoms with van der Waals surface area (Å²) in [7, 11) is 0. The van der Waals surface area contributed by atoms with Crippen molar-refractivity contribution in [2.24, 2.45) is 0 Å². The van der Waals surface area contributed by atoms with Gasteiger partial charge in [0.2, 0.25) is 6.29 Å². The number of carboxylic acid groups (broad SMARTS) is 1. The summed E-state index contributed by atoms with van der Waals surface area (Å²) in [5, 5.41) is 9.69. The van der Waals surface area contributed by atoms with Crippen LogP contribution in [-0.4, -0.2) is 29.3 Å². The molecule has 1 N–H and O–H groups in total. The first-order valence-corrected chi connectivity index (χ1v) is 6.01. The second kappa shape index (κ2) is 5.81. The molecule has 0 radical (unpaired) electrons. The van der Waals surface area contributed by atoms with Crippen LogP contribution >= 0.6 is 0 Å². The molecular formula is C13H15NO5. The molecule has 0 aliphatic carbocycles. The van der Waals surface area contributed by atoms with Crippen molar-refractivity contribution in [3.8, 4) is 0 Å². The Labute approximate surface area is 109 Å². The molecule has 19 heavy (non-hydrogen) atoms. The predicted octanol–water partition coefficient (Wildman–Crippen LogP) is 2.60. The minimum absolute atomic E-state index is 0.0236. The monoisotopic (exact) mass is 265 g/mol. The maximum Gasteiger partial charge on any atom is 0.341 e. The number of aromatic nitrogens is 1. The molecule has 0 aliphatic rings. The van der Waals surface area contributed by atoms with E-state index >= 15 is 0 Å². The van der Waals surface area contributed by atoms with E-state index < -0.39 is 12.3 Å². The molecule has 0 saturated heterocycles. The van der Waals surface area contributed by atoms with Crippen molar-refractivity contribution in [1.29, 1.82) is 0 Å². The summed E-state index contributed by atoms with van der Waals surface area (Å²) in [5.41, 5.74) is 0.303. The average molecular weight is 265 g/mol. The molecule has 2 aromatic rings. The zero-order chi connectivity index (χ0) is 13.8. The number of aromatic carboxylic acids is 1. The van der Waals surface area contributed by atoms with E-state index in [9.17, 15) is 4.79 Å². The number of fused-ring (bicyclic) bond motifs is 1. The van der Waals surface area contributed by atoms with Crippen molar-refractivity contribution in [2.45, 2.75) is 20.1 Å². The van der Waals surface area contributed by atoms with Gasteiger partial charge in [0.15, 0.2) is 11.3 Å². The van der Waals surface area contributed by atoms with Gasteiger partial charge in [-0.15, -0.1) is 0 Å². The Morgan fingerprint density at radius 1 is 1.37 bits per heavy atom. The third kappa shape index (κ3) is 2.74. The standard InChI is InChI=1S/C13H15NO5/c1-3-17-13(18-4-2)10-5-8-6-14-7-9(12(15)16)11(8)19-10/h5-7,13H,3-4H2,1-2H3,(H,15,16). The Bertz CT molecular complexity index is 571. The first-order valence-electron chi connectivity index (χ1n) is 6.01. The van der Waals surface area contributed by atoms with Gasteiger partial charge in [0.1, 0.15) is 5.56 Å². The van der Waals surface area contributed by atoms with Gasteiger partial charge in [0, 0.05) is 31.0 Å². The number of pyridine rings is 1. The van der Waals surface area contributed by atoms with Gasteiger partial charge in [0.05, 0.1) is 0 Å². The van der Waals surface area contributed by atoms with Crippen LogP contribution in [0.4, 0.5) is 0 Å². The molecule has 6 heteroatoms. The molecule has 0 bridgehead atoms. The van der Waals surface area contributed by atoms with Crippen LogP contribution in [0.5, 0.6) is 0 Å². The molecule has 2 aromatic heterocycles. The van der Waals surface area contributed by atoms with Crippen LogP contribution in [0.15, 0.2) is 22.9 Å². The maximum absolute atomic E-state index is 11.1. The Hall–Kier alpha value is -1.92. The van der Waals surface area contributed by atoms with Gasteiger partial charge in [0.25, 0.3) is 0 Å². The highest BCUT2D eigenvalue weighted by molar-refractivity contribution is 6.00. The highest BCUT2D eigenvalue weighted by atomic mass is 16.7. The van der Waals surface area contributed by atoms with Gasteiger partial charge in [-0.05, 0) is 19.9 Å². The number of carbonyl (C=O) groups is 1. The molecule has 0 saturated carbocycles. The molecule has 0 aliphatic heterocycles. The van der Waals surface area contributed by atoms with Crippen LogP contribution in [0.1, 0.15) is 36.3 Å². The van der Waals surface area contributed by atoms with E-state index in [1.54, 1.807) is 12.3 Å². The molecule has 0 aromatic carbocycles. The zero-order valence-electron chi connectivity index (χ0n) is 10.8. The van der Waals surface area contributed by atoms with Crippen molar-refractivity contribution < 1.29 is 23.8 Å². The van der Waals surface area contributed by atoms with E-state index in [-0.39, 0.29) is 11.1 Å². The van der Waals surface area contributed by atoms with Crippen LogP contribution in [0.2, 0.25) is 0 Å². The number of ether oxygens (including phenoxy) is 2. The van der Waals surface area contributed by atoms with Crippen molar-refractivity contribution in [1.82, 2.24) is 4.98 Å². The molecule has 2 heterocycles. The minimum atomic E-state index is -1.08. The quantitative estimate of drug-likeness (QED) is 0.808. The summed E-state index contributed by atoms with van der Waals surface area (Å²) in [6, 6.07) is 1.69. The second-order valence-corrected chi connectivity index (χ2v) is 3.80. The fourth-order valence-electron chi connectivity index (χ4n) is 1.77. The average Bonchev–Trinajstić information content (AvgIpc) is 2.81. The van der Waals surface area contributed by atoms with Crippen LogP contribution in [0, 0.1) is 0 Å². The van der Waals surface area contributed by atoms with Crippen LogP contribution in [0.25, 0.3) is 11.0 Å². The lowest BCUT2D eigenvalue weighted by atomic mass is 10.2. The van der Waals surface area contributed by atoms with Gasteiger partial charge < -0.3 is 19.0 Å². The van der Waals surface area contributed by atoms with E-state index in [2.05, 4.69) is 4.98 Å². The Balaban J connectivity index is 2.45. The lowest BCUT2D eigenvalue weighted by Crippen LogP contribution is -2.07. The summed E-state index contributed by atoms with van der Waals surface area (Å²) in [4.78, 5) is 15.0. The Kier molecular flexibility index (Phi) is 4.13. The maximum atomic E-state index is 11.1. The normalized spacial score (nSPS) is 11.3. The zero-order valence-corrected chi connectivity index (χ0v) is 10.8.